The average Bonchev–Trinajstić information content (AvgIpc) is 2.96. The first-order valence-electron chi connectivity index (χ1n) is 14.3. The number of hydrogen-bond acceptors (Lipinski definition) is 6. The van der Waals surface area contributed by atoms with Crippen molar-refractivity contribution in [3.05, 3.63) is 82.3 Å². The van der Waals surface area contributed by atoms with Gasteiger partial charge in [0.15, 0.2) is 11.5 Å². The first-order chi connectivity index (χ1) is 18.6. The summed E-state index contributed by atoms with van der Waals surface area (Å²) in [6.07, 6.45) is 14.4. The van der Waals surface area contributed by atoms with E-state index in [-0.39, 0.29) is 0 Å². The predicted molar refractivity (Wildman–Crippen MR) is 147 cm³/mol. The summed E-state index contributed by atoms with van der Waals surface area (Å²) >= 11 is 0. The molecular weight excluding hydrogens is 480 g/mol. The van der Waals surface area contributed by atoms with Gasteiger partial charge < -0.3 is 0 Å². The van der Waals surface area contributed by atoms with Gasteiger partial charge in [0.25, 0.3) is 0 Å². The van der Waals surface area contributed by atoms with Crippen LogP contribution < -0.4 is 0 Å². The van der Waals surface area contributed by atoms with Gasteiger partial charge in [0.2, 0.25) is 0 Å². The van der Waals surface area contributed by atoms with E-state index in [1.54, 1.807) is 24.3 Å². The summed E-state index contributed by atoms with van der Waals surface area (Å²) in [5, 5.41) is 0. The van der Waals surface area contributed by atoms with Crippen molar-refractivity contribution < 1.29 is 29.1 Å². The molecule has 0 aliphatic heterocycles. The van der Waals surface area contributed by atoms with Crippen LogP contribution in [0.25, 0.3) is 0 Å². The lowest BCUT2D eigenvalue weighted by atomic mass is 10.0. The highest BCUT2D eigenvalue weighted by atomic mass is 17.2. The van der Waals surface area contributed by atoms with Crippen molar-refractivity contribution in [2.75, 3.05) is 0 Å². The van der Waals surface area contributed by atoms with E-state index in [2.05, 4.69) is 13.8 Å². The van der Waals surface area contributed by atoms with Gasteiger partial charge in [-0.2, -0.15) is 0 Å². The third-order valence-corrected chi connectivity index (χ3v) is 6.82. The molecule has 38 heavy (non-hydrogen) atoms. The zero-order valence-electron chi connectivity index (χ0n) is 23.0. The average molecular weight is 523 g/mol. The first kappa shape index (κ1) is 29.3. The number of carbonyl (C=O) groups is 2. The second-order valence-corrected chi connectivity index (χ2v) is 9.98. The molecule has 0 amide bonds. The Hall–Kier alpha value is -3.28. The standard InChI is InChI=1S/C32H42O6/c1-3-5-7-9-13-25-17-21-27(22-18-25)31(33)37-35-29-15-11-12-16-30(29)36-38-32(34)28-23-19-26(20-24-28)14-10-8-6-4-2/h17-24H,3-16H2,1-2H3. The molecule has 0 saturated heterocycles. The van der Waals surface area contributed by atoms with Crippen molar-refractivity contribution in [2.24, 2.45) is 0 Å². The smallest absolute Gasteiger partial charge is 0.287 e. The zero-order valence-corrected chi connectivity index (χ0v) is 23.0. The van der Waals surface area contributed by atoms with Crippen LogP contribution in [-0.2, 0) is 32.4 Å². The molecular formula is C32H42O6. The van der Waals surface area contributed by atoms with E-state index in [1.807, 2.05) is 24.3 Å². The maximum atomic E-state index is 12.5. The third kappa shape index (κ3) is 9.88. The van der Waals surface area contributed by atoms with Gasteiger partial charge in [-0.25, -0.2) is 19.4 Å². The highest BCUT2D eigenvalue weighted by Gasteiger charge is 2.22. The highest BCUT2D eigenvalue weighted by molar-refractivity contribution is 5.89. The molecule has 3 rings (SSSR count). The molecule has 0 radical (unpaired) electrons. The van der Waals surface area contributed by atoms with Crippen LogP contribution in [-0.4, -0.2) is 11.9 Å². The number of aryl methyl sites for hydroxylation is 2. The third-order valence-electron chi connectivity index (χ3n) is 6.82. The van der Waals surface area contributed by atoms with Crippen molar-refractivity contribution in [2.45, 2.75) is 104 Å². The molecule has 0 saturated carbocycles. The van der Waals surface area contributed by atoms with E-state index in [0.29, 0.717) is 35.5 Å². The molecule has 2 aromatic carbocycles. The number of carbonyl (C=O) groups excluding carboxylic acids is 2. The van der Waals surface area contributed by atoms with Crippen LogP contribution in [0.2, 0.25) is 0 Å². The monoisotopic (exact) mass is 522 g/mol. The lowest BCUT2D eigenvalue weighted by Crippen LogP contribution is -2.13. The van der Waals surface area contributed by atoms with E-state index in [1.165, 1.54) is 49.7 Å². The molecule has 0 heterocycles. The molecule has 0 spiro atoms. The summed E-state index contributed by atoms with van der Waals surface area (Å²) in [4.78, 5) is 45.9. The Balaban J connectivity index is 1.47. The molecule has 0 fully saturated rings. The van der Waals surface area contributed by atoms with E-state index in [9.17, 15) is 9.59 Å². The molecule has 6 nitrogen and oxygen atoms in total. The van der Waals surface area contributed by atoms with Gasteiger partial charge in [-0.05, 0) is 73.9 Å². The molecule has 0 unspecified atom stereocenters. The fourth-order valence-corrected chi connectivity index (χ4v) is 4.43. The van der Waals surface area contributed by atoms with Crippen LogP contribution in [0.15, 0.2) is 60.0 Å². The number of hydrogen-bond donors (Lipinski definition) is 0. The highest BCUT2D eigenvalue weighted by Crippen LogP contribution is 2.27. The SMILES string of the molecule is CCCCCCc1ccc(C(=O)OOC2=C(OOC(=O)c3ccc(CCCCCC)cc3)CCCC2)cc1. The Labute approximate surface area is 227 Å². The molecule has 1 aliphatic rings. The molecule has 1 aliphatic carbocycles. The second kappa shape index (κ2) is 16.5. The second-order valence-electron chi connectivity index (χ2n) is 9.98. The Bertz CT molecular complexity index is 939. The Kier molecular flexibility index (Phi) is 12.7. The summed E-state index contributed by atoms with van der Waals surface area (Å²) in [6, 6.07) is 14.8. The first-order valence-corrected chi connectivity index (χ1v) is 14.3. The van der Waals surface area contributed by atoms with Gasteiger partial charge in [-0.3, -0.25) is 9.78 Å². The van der Waals surface area contributed by atoms with Crippen molar-refractivity contribution in [3.63, 3.8) is 0 Å². The molecule has 0 aromatic heterocycles. The Morgan fingerprint density at radius 1 is 0.579 bits per heavy atom. The van der Waals surface area contributed by atoms with Crippen molar-refractivity contribution in [1.29, 1.82) is 0 Å². The largest absolute Gasteiger partial charge is 0.386 e. The van der Waals surface area contributed by atoms with Crippen molar-refractivity contribution in [1.82, 2.24) is 0 Å². The fourth-order valence-electron chi connectivity index (χ4n) is 4.43. The van der Waals surface area contributed by atoms with E-state index >= 15 is 0 Å². The van der Waals surface area contributed by atoms with Crippen molar-refractivity contribution in [3.8, 4) is 0 Å². The van der Waals surface area contributed by atoms with Gasteiger partial charge in [0.05, 0.1) is 11.1 Å². The molecule has 6 heteroatoms. The normalized spacial score (nSPS) is 13.2. The summed E-state index contributed by atoms with van der Waals surface area (Å²) in [6.45, 7) is 4.39. The number of rotatable bonds is 16. The van der Waals surface area contributed by atoms with Gasteiger partial charge in [-0.1, -0.05) is 76.6 Å². The lowest BCUT2D eigenvalue weighted by molar-refractivity contribution is -0.239. The summed E-state index contributed by atoms with van der Waals surface area (Å²) in [7, 11) is 0. The van der Waals surface area contributed by atoms with E-state index in [0.717, 1.165) is 38.5 Å². The lowest BCUT2D eigenvalue weighted by Gasteiger charge is -2.17. The van der Waals surface area contributed by atoms with Crippen LogP contribution in [0.3, 0.4) is 0 Å². The number of benzene rings is 2. The Morgan fingerprint density at radius 2 is 0.974 bits per heavy atom. The zero-order chi connectivity index (χ0) is 27.0. The maximum Gasteiger partial charge on any atom is 0.386 e. The van der Waals surface area contributed by atoms with Gasteiger partial charge >= 0.3 is 11.9 Å². The summed E-state index contributed by atoms with van der Waals surface area (Å²) < 4.78 is 0. The Morgan fingerprint density at radius 3 is 1.34 bits per heavy atom. The van der Waals surface area contributed by atoms with Crippen LogP contribution in [0.5, 0.6) is 0 Å². The van der Waals surface area contributed by atoms with Crippen molar-refractivity contribution >= 4 is 11.9 Å². The van der Waals surface area contributed by atoms with Crippen LogP contribution in [0, 0.1) is 0 Å². The predicted octanol–water partition coefficient (Wildman–Crippen LogP) is 8.59. The summed E-state index contributed by atoms with van der Waals surface area (Å²) in [5.74, 6) is -0.418. The minimum absolute atomic E-state index is 0.368. The van der Waals surface area contributed by atoms with E-state index in [4.69, 9.17) is 19.6 Å². The van der Waals surface area contributed by atoms with Crippen LogP contribution >= 0.6 is 0 Å². The van der Waals surface area contributed by atoms with Gasteiger partial charge in [-0.15, -0.1) is 0 Å². The van der Waals surface area contributed by atoms with Crippen LogP contribution in [0.1, 0.15) is 123 Å². The summed E-state index contributed by atoms with van der Waals surface area (Å²) in [5.41, 5.74) is 3.24. The fraction of sp³-hybridized carbons (Fsp3) is 0.500. The molecule has 0 N–H and O–H groups in total. The number of allylic oxidation sites excluding steroid dienone is 2. The van der Waals surface area contributed by atoms with Gasteiger partial charge in [0, 0.05) is 12.8 Å². The molecule has 2 aromatic rings. The minimum Gasteiger partial charge on any atom is -0.287 e. The molecule has 0 bridgehead atoms. The quantitative estimate of drug-likeness (QED) is 0.125. The van der Waals surface area contributed by atoms with Gasteiger partial charge in [0.1, 0.15) is 0 Å². The molecule has 0 atom stereocenters. The van der Waals surface area contributed by atoms with E-state index < -0.39 is 11.9 Å². The number of unbranched alkanes of at least 4 members (excludes halogenated alkanes) is 6. The maximum absolute atomic E-state index is 12.5. The minimum atomic E-state index is -0.577. The topological polar surface area (TPSA) is 71.1 Å². The molecule has 206 valence electrons. The van der Waals surface area contributed by atoms with Crippen LogP contribution in [0.4, 0.5) is 0 Å².